The molecule has 0 fully saturated rings. The molecule has 1 unspecified atom stereocenters. The number of rotatable bonds is 3. The molecule has 90 valence electrons. The maximum absolute atomic E-state index is 11.8. The van der Waals surface area contributed by atoms with E-state index < -0.39 is 11.0 Å². The average molecular weight is 257 g/mol. The molecule has 1 atom stereocenters. The van der Waals surface area contributed by atoms with E-state index in [0.29, 0.717) is 6.54 Å². The van der Waals surface area contributed by atoms with Gasteiger partial charge in [0.2, 0.25) is 0 Å². The quantitative estimate of drug-likeness (QED) is 0.801. The third kappa shape index (κ3) is 3.61. The molecule has 0 amide bonds. The smallest absolute Gasteiger partial charge is 0.0973 e. The van der Waals surface area contributed by atoms with E-state index in [1.54, 1.807) is 0 Å². The second-order valence-electron chi connectivity index (χ2n) is 4.78. The molecule has 0 aliphatic heterocycles. The molecule has 1 aromatic carbocycles. The molecule has 2 nitrogen and oxygen atoms in total. The monoisotopic (exact) mass is 257 g/mol. The highest BCUT2D eigenvalue weighted by Gasteiger charge is 2.19. The Kier molecular flexibility index (Phi) is 4.59. The van der Waals surface area contributed by atoms with Gasteiger partial charge in [-0.25, -0.2) is 8.93 Å². The molecule has 1 N–H and O–H groups in total. The van der Waals surface area contributed by atoms with Crippen LogP contribution in [0, 0.1) is 6.92 Å². The van der Waals surface area contributed by atoms with Crippen molar-refractivity contribution in [2.75, 3.05) is 0 Å². The number of hydrogen-bond donors (Lipinski definition) is 2. The first-order chi connectivity index (χ1) is 7.32. The topological polar surface area (TPSA) is 29.1 Å². The minimum atomic E-state index is -1.04. The SMILES string of the molecule is Cc1cccc(CNS(=O)C(C)(C)C)c1S. The van der Waals surface area contributed by atoms with Gasteiger partial charge in [-0.3, -0.25) is 0 Å². The van der Waals surface area contributed by atoms with E-state index in [1.807, 2.05) is 45.9 Å². The molecule has 0 bridgehead atoms. The van der Waals surface area contributed by atoms with Crippen LogP contribution < -0.4 is 4.72 Å². The van der Waals surface area contributed by atoms with Gasteiger partial charge in [0.15, 0.2) is 0 Å². The summed E-state index contributed by atoms with van der Waals surface area (Å²) < 4.78 is 14.6. The molecule has 0 spiro atoms. The Morgan fingerprint density at radius 3 is 2.56 bits per heavy atom. The highest BCUT2D eigenvalue weighted by Crippen LogP contribution is 2.18. The van der Waals surface area contributed by atoms with E-state index in [4.69, 9.17) is 0 Å². The predicted octanol–water partition coefficient (Wildman–Crippen LogP) is 2.84. The van der Waals surface area contributed by atoms with Gasteiger partial charge in [-0.15, -0.1) is 12.6 Å². The third-order valence-electron chi connectivity index (χ3n) is 2.27. The van der Waals surface area contributed by atoms with Crippen LogP contribution in [-0.2, 0) is 17.5 Å². The van der Waals surface area contributed by atoms with Crippen LogP contribution in [0.3, 0.4) is 0 Å². The highest BCUT2D eigenvalue weighted by molar-refractivity contribution is 7.84. The minimum absolute atomic E-state index is 0.236. The van der Waals surface area contributed by atoms with Gasteiger partial charge in [-0.2, -0.15) is 0 Å². The number of thiol groups is 1. The van der Waals surface area contributed by atoms with Gasteiger partial charge < -0.3 is 0 Å². The summed E-state index contributed by atoms with van der Waals surface area (Å²) in [5.41, 5.74) is 2.23. The normalized spacial score (nSPS) is 13.8. The van der Waals surface area contributed by atoms with E-state index in [2.05, 4.69) is 17.4 Å². The lowest BCUT2D eigenvalue weighted by Gasteiger charge is -2.18. The van der Waals surface area contributed by atoms with Crippen LogP contribution in [0.15, 0.2) is 23.1 Å². The molecule has 0 radical (unpaired) electrons. The van der Waals surface area contributed by atoms with E-state index >= 15 is 0 Å². The molecule has 4 heteroatoms. The maximum Gasteiger partial charge on any atom is 0.0973 e. The fourth-order valence-electron chi connectivity index (χ4n) is 1.22. The summed E-state index contributed by atoms with van der Waals surface area (Å²) in [5.74, 6) is 0. The maximum atomic E-state index is 11.8. The molecule has 0 aliphatic carbocycles. The minimum Gasteiger partial charge on any atom is -0.242 e. The number of aryl methyl sites for hydroxylation is 1. The Morgan fingerprint density at radius 2 is 2.00 bits per heavy atom. The summed E-state index contributed by atoms with van der Waals surface area (Å²) in [5, 5.41) is 0. The van der Waals surface area contributed by atoms with E-state index in [-0.39, 0.29) is 4.75 Å². The first kappa shape index (κ1) is 13.7. The zero-order valence-corrected chi connectivity index (χ0v) is 11.9. The molecule has 0 aliphatic rings. The van der Waals surface area contributed by atoms with Crippen molar-refractivity contribution in [3.8, 4) is 0 Å². The zero-order chi connectivity index (χ0) is 12.3. The van der Waals surface area contributed by atoms with Gasteiger partial charge in [0.1, 0.15) is 0 Å². The molecule has 0 aromatic heterocycles. The van der Waals surface area contributed by atoms with E-state index in [1.165, 1.54) is 0 Å². The lowest BCUT2D eigenvalue weighted by Crippen LogP contribution is -2.32. The van der Waals surface area contributed by atoms with E-state index in [0.717, 1.165) is 16.0 Å². The molecule has 1 aromatic rings. The summed E-state index contributed by atoms with van der Waals surface area (Å²) in [6, 6.07) is 6.01. The van der Waals surface area contributed by atoms with Gasteiger partial charge in [-0.1, -0.05) is 18.2 Å². The molecule has 1 rings (SSSR count). The number of hydrogen-bond acceptors (Lipinski definition) is 2. The summed E-state index contributed by atoms with van der Waals surface area (Å²) in [6.07, 6.45) is 0. The summed E-state index contributed by atoms with van der Waals surface area (Å²) in [7, 11) is -1.04. The van der Waals surface area contributed by atoms with Crippen LogP contribution in [0.1, 0.15) is 31.9 Å². The molecule has 0 saturated heterocycles. The van der Waals surface area contributed by atoms with Crippen LogP contribution in [0.2, 0.25) is 0 Å². The fraction of sp³-hybridized carbons (Fsp3) is 0.500. The van der Waals surface area contributed by atoms with Crippen molar-refractivity contribution in [3.63, 3.8) is 0 Å². The molecule has 0 saturated carbocycles. The molecular weight excluding hydrogens is 238 g/mol. The van der Waals surface area contributed by atoms with Crippen molar-refractivity contribution in [2.24, 2.45) is 0 Å². The number of benzene rings is 1. The lowest BCUT2D eigenvalue weighted by atomic mass is 10.1. The van der Waals surface area contributed by atoms with Gasteiger partial charge in [0.25, 0.3) is 0 Å². The lowest BCUT2D eigenvalue weighted by molar-refractivity contribution is 0.634. The van der Waals surface area contributed by atoms with Crippen molar-refractivity contribution in [1.29, 1.82) is 0 Å². The Labute approximate surface area is 106 Å². The van der Waals surface area contributed by atoms with Crippen LogP contribution in [0.25, 0.3) is 0 Å². The highest BCUT2D eigenvalue weighted by atomic mass is 32.2. The zero-order valence-electron chi connectivity index (χ0n) is 10.2. The van der Waals surface area contributed by atoms with Crippen LogP contribution in [-0.4, -0.2) is 8.96 Å². The van der Waals surface area contributed by atoms with Crippen LogP contribution in [0.4, 0.5) is 0 Å². The standard InChI is InChI=1S/C12H19NOS2/c1-9-6-5-7-10(11(9)15)8-13-16(14)12(2,3)4/h5-7,13,15H,8H2,1-4H3. The Bertz CT molecular complexity index is 396. The predicted molar refractivity (Wildman–Crippen MR) is 73.2 cm³/mol. The van der Waals surface area contributed by atoms with Gasteiger partial charge in [0.05, 0.1) is 15.7 Å². The van der Waals surface area contributed by atoms with Crippen LogP contribution >= 0.6 is 12.6 Å². The van der Waals surface area contributed by atoms with Gasteiger partial charge in [0, 0.05) is 11.4 Å². The van der Waals surface area contributed by atoms with Gasteiger partial charge >= 0.3 is 0 Å². The van der Waals surface area contributed by atoms with Crippen molar-refractivity contribution < 1.29 is 4.21 Å². The summed E-state index contributed by atoms with van der Waals surface area (Å²) in [4.78, 5) is 0.973. The second-order valence-corrected chi connectivity index (χ2v) is 7.28. The first-order valence-electron chi connectivity index (χ1n) is 5.25. The van der Waals surface area contributed by atoms with Gasteiger partial charge in [-0.05, 0) is 38.8 Å². The van der Waals surface area contributed by atoms with E-state index in [9.17, 15) is 4.21 Å². The van der Waals surface area contributed by atoms with Crippen molar-refractivity contribution in [1.82, 2.24) is 4.72 Å². The van der Waals surface area contributed by atoms with Crippen LogP contribution in [0.5, 0.6) is 0 Å². The van der Waals surface area contributed by atoms with Crippen molar-refractivity contribution >= 4 is 23.6 Å². The first-order valence-corrected chi connectivity index (χ1v) is 6.85. The fourth-order valence-corrected chi connectivity index (χ4v) is 2.17. The number of nitrogens with one attached hydrogen (secondary N) is 1. The molecule has 0 heterocycles. The summed E-state index contributed by atoms with van der Waals surface area (Å²) >= 11 is 4.45. The summed E-state index contributed by atoms with van der Waals surface area (Å²) in [6.45, 7) is 8.47. The third-order valence-corrected chi connectivity index (χ3v) is 4.43. The Morgan fingerprint density at radius 1 is 1.38 bits per heavy atom. The average Bonchev–Trinajstić information content (AvgIpc) is 2.18. The Balaban J connectivity index is 2.69. The molecule has 16 heavy (non-hydrogen) atoms. The van der Waals surface area contributed by atoms with Crippen molar-refractivity contribution in [3.05, 3.63) is 29.3 Å². The second kappa shape index (κ2) is 5.34. The Hall–Kier alpha value is -0.320. The molecular formula is C12H19NOS2. The van der Waals surface area contributed by atoms with Crippen molar-refractivity contribution in [2.45, 2.75) is 43.9 Å². The largest absolute Gasteiger partial charge is 0.242 e.